The molecule has 38 heavy (non-hydrogen) atoms. The minimum absolute atomic E-state index is 0.225. The van der Waals surface area contributed by atoms with Gasteiger partial charge in [0.1, 0.15) is 12.3 Å². The van der Waals surface area contributed by atoms with Gasteiger partial charge in [-0.1, -0.05) is 121 Å². The molecular weight excluding hydrogens is 470 g/mol. The van der Waals surface area contributed by atoms with E-state index in [1.165, 1.54) is 81.8 Å². The molecule has 4 heteroatoms. The summed E-state index contributed by atoms with van der Waals surface area (Å²) in [7, 11) is 4.11. The number of likely N-dealkylation sites (N-methyl/N-ethyl adjacent to an activating group) is 1. The summed E-state index contributed by atoms with van der Waals surface area (Å²) >= 11 is 0. The Bertz CT molecular complexity index is 863. The van der Waals surface area contributed by atoms with Crippen LogP contribution < -0.4 is 4.74 Å². The molecule has 0 radical (unpaired) electrons. The maximum Gasteiger partial charge on any atom is 0.364 e. The zero-order valence-electron chi connectivity index (χ0n) is 24.8. The molecule has 2 aromatic rings. The molecule has 4 nitrogen and oxygen atoms in total. The lowest BCUT2D eigenvalue weighted by molar-refractivity contribution is -0.896. The van der Waals surface area contributed by atoms with E-state index >= 15 is 0 Å². The molecular formula is C34H54NO3+. The van der Waals surface area contributed by atoms with E-state index in [1.807, 2.05) is 30.3 Å². The van der Waals surface area contributed by atoms with Crippen LogP contribution >= 0.6 is 0 Å². The first-order valence-corrected chi connectivity index (χ1v) is 15.2. The summed E-state index contributed by atoms with van der Waals surface area (Å²) in [5.74, 6) is 0.537. The lowest BCUT2D eigenvalue weighted by atomic mass is 10.0. The predicted molar refractivity (Wildman–Crippen MR) is 159 cm³/mol. The Balaban J connectivity index is 1.67. The summed E-state index contributed by atoms with van der Waals surface area (Å²) in [5.41, 5.74) is 2.55. The average molecular weight is 525 g/mol. The number of carbonyl (C=O) groups excluding carboxylic acids is 1. The maximum atomic E-state index is 12.7. The minimum Gasteiger partial charge on any atom is -0.455 e. The number of unbranched alkanes of at least 4 members (excludes halogenated alkanes) is 10. The molecule has 212 valence electrons. The van der Waals surface area contributed by atoms with E-state index in [4.69, 9.17) is 9.47 Å². The van der Waals surface area contributed by atoms with Gasteiger partial charge < -0.3 is 14.0 Å². The Kier molecular flexibility index (Phi) is 15.8. The number of ether oxygens (including phenoxy) is 2. The van der Waals surface area contributed by atoms with E-state index in [2.05, 4.69) is 52.2 Å². The minimum atomic E-state index is -0.554. The summed E-state index contributed by atoms with van der Waals surface area (Å²) in [6.45, 7) is 5.43. The van der Waals surface area contributed by atoms with Gasteiger partial charge in [-0.15, -0.1) is 0 Å². The maximum absolute atomic E-state index is 12.7. The average Bonchev–Trinajstić information content (AvgIpc) is 2.88. The SMILES string of the molecule is CCCCCCCCCCCCCc1ccc(OC(CCC)OC(=O)C[N+](C)(C)Cc2ccccc2)cc1. The lowest BCUT2D eigenvalue weighted by Gasteiger charge is -2.29. The van der Waals surface area contributed by atoms with Crippen LogP contribution in [0.25, 0.3) is 0 Å². The fourth-order valence-electron chi connectivity index (χ4n) is 4.92. The van der Waals surface area contributed by atoms with Crippen molar-refractivity contribution in [2.75, 3.05) is 20.6 Å². The first-order chi connectivity index (χ1) is 18.4. The van der Waals surface area contributed by atoms with Crippen LogP contribution in [0.2, 0.25) is 0 Å². The molecule has 1 unspecified atom stereocenters. The normalized spacial score (nSPS) is 12.3. The van der Waals surface area contributed by atoms with E-state index in [0.29, 0.717) is 17.4 Å². The number of hydrogen-bond donors (Lipinski definition) is 0. The van der Waals surface area contributed by atoms with Crippen LogP contribution in [0.5, 0.6) is 5.75 Å². The first-order valence-electron chi connectivity index (χ1n) is 15.2. The van der Waals surface area contributed by atoms with Crippen molar-refractivity contribution in [2.45, 2.75) is 117 Å². The molecule has 0 N–H and O–H groups in total. The molecule has 0 amide bonds. The Morgan fingerprint density at radius 1 is 0.711 bits per heavy atom. The van der Waals surface area contributed by atoms with Crippen molar-refractivity contribution in [3.05, 3.63) is 65.7 Å². The number of benzene rings is 2. The zero-order chi connectivity index (χ0) is 27.5. The molecule has 1 atom stereocenters. The molecule has 0 saturated heterocycles. The number of carbonyl (C=O) groups is 1. The molecule has 2 aromatic carbocycles. The summed E-state index contributed by atoms with van der Waals surface area (Å²) in [6, 6.07) is 18.6. The van der Waals surface area contributed by atoms with E-state index in [-0.39, 0.29) is 5.97 Å². The Labute approximate surface area is 233 Å². The van der Waals surface area contributed by atoms with Gasteiger partial charge in [0.2, 0.25) is 6.29 Å². The molecule has 0 saturated carbocycles. The van der Waals surface area contributed by atoms with Crippen LogP contribution in [-0.4, -0.2) is 37.4 Å². The summed E-state index contributed by atoms with van der Waals surface area (Å²) in [4.78, 5) is 12.7. The standard InChI is InChI=1S/C34H54NO3/c1-5-7-8-9-10-11-12-13-14-15-17-21-30-24-26-32(27-25-30)37-34(20-6-2)38-33(36)29-35(3,4)28-31-22-18-16-19-23-31/h16,18-19,22-27,34H,5-15,17,20-21,28-29H2,1-4H3/q+1. The lowest BCUT2D eigenvalue weighted by Crippen LogP contribution is -2.44. The van der Waals surface area contributed by atoms with Gasteiger partial charge >= 0.3 is 5.97 Å². The van der Waals surface area contributed by atoms with Crippen LogP contribution in [0.1, 0.15) is 108 Å². The number of rotatable bonds is 21. The van der Waals surface area contributed by atoms with Gasteiger partial charge in [0.05, 0.1) is 14.1 Å². The second-order valence-electron chi connectivity index (χ2n) is 11.5. The van der Waals surface area contributed by atoms with Crippen LogP contribution in [0, 0.1) is 0 Å². The van der Waals surface area contributed by atoms with Crippen molar-refractivity contribution in [2.24, 2.45) is 0 Å². The van der Waals surface area contributed by atoms with E-state index in [1.54, 1.807) is 0 Å². The van der Waals surface area contributed by atoms with Crippen LogP contribution in [-0.2, 0) is 22.5 Å². The number of nitrogens with zero attached hydrogens (tertiary/aromatic N) is 1. The number of esters is 1. The number of quaternary nitrogens is 1. The molecule has 0 aliphatic carbocycles. The highest BCUT2D eigenvalue weighted by atomic mass is 16.7. The van der Waals surface area contributed by atoms with Crippen molar-refractivity contribution in [3.8, 4) is 5.75 Å². The van der Waals surface area contributed by atoms with Crippen molar-refractivity contribution in [1.29, 1.82) is 0 Å². The highest BCUT2D eigenvalue weighted by Gasteiger charge is 2.25. The van der Waals surface area contributed by atoms with Gasteiger partial charge in [0.15, 0.2) is 6.54 Å². The second-order valence-corrected chi connectivity index (χ2v) is 11.5. The molecule has 0 aromatic heterocycles. The van der Waals surface area contributed by atoms with Crippen molar-refractivity contribution in [1.82, 2.24) is 0 Å². The van der Waals surface area contributed by atoms with Crippen LogP contribution in [0.4, 0.5) is 0 Å². The van der Waals surface area contributed by atoms with Gasteiger partial charge in [0.25, 0.3) is 0 Å². The number of hydrogen-bond acceptors (Lipinski definition) is 3. The van der Waals surface area contributed by atoms with Crippen molar-refractivity contribution in [3.63, 3.8) is 0 Å². The molecule has 0 bridgehead atoms. The second kappa shape index (κ2) is 18.8. The van der Waals surface area contributed by atoms with E-state index < -0.39 is 6.29 Å². The molecule has 0 heterocycles. The monoisotopic (exact) mass is 524 g/mol. The molecule has 0 spiro atoms. The zero-order valence-corrected chi connectivity index (χ0v) is 24.8. The fraction of sp³-hybridized carbons (Fsp3) is 0.618. The van der Waals surface area contributed by atoms with E-state index in [0.717, 1.165) is 25.1 Å². The molecule has 2 rings (SSSR count). The van der Waals surface area contributed by atoms with Crippen molar-refractivity contribution < 1.29 is 18.8 Å². The third-order valence-electron chi connectivity index (χ3n) is 7.06. The van der Waals surface area contributed by atoms with Gasteiger partial charge in [-0.3, -0.25) is 0 Å². The Morgan fingerprint density at radius 2 is 1.29 bits per heavy atom. The third kappa shape index (κ3) is 14.6. The Morgan fingerprint density at radius 3 is 1.87 bits per heavy atom. The van der Waals surface area contributed by atoms with Crippen LogP contribution in [0.15, 0.2) is 54.6 Å². The Hall–Kier alpha value is -2.33. The predicted octanol–water partition coefficient (Wildman–Crippen LogP) is 8.86. The molecule has 0 fully saturated rings. The highest BCUT2D eigenvalue weighted by Crippen LogP contribution is 2.19. The highest BCUT2D eigenvalue weighted by molar-refractivity contribution is 5.70. The largest absolute Gasteiger partial charge is 0.455 e. The van der Waals surface area contributed by atoms with Gasteiger partial charge in [0, 0.05) is 12.0 Å². The number of aryl methyl sites for hydroxylation is 1. The molecule has 0 aliphatic heterocycles. The summed E-state index contributed by atoms with van der Waals surface area (Å²) in [5, 5.41) is 0. The quantitative estimate of drug-likeness (QED) is 0.0708. The fourth-order valence-corrected chi connectivity index (χ4v) is 4.92. The topological polar surface area (TPSA) is 35.5 Å². The van der Waals surface area contributed by atoms with Gasteiger partial charge in [-0.05, 0) is 37.0 Å². The van der Waals surface area contributed by atoms with Gasteiger partial charge in [-0.25, -0.2) is 4.79 Å². The molecule has 0 aliphatic rings. The summed E-state index contributed by atoms with van der Waals surface area (Å²) < 4.78 is 12.4. The van der Waals surface area contributed by atoms with Gasteiger partial charge in [-0.2, -0.15) is 0 Å². The van der Waals surface area contributed by atoms with E-state index in [9.17, 15) is 4.79 Å². The summed E-state index contributed by atoms with van der Waals surface area (Å²) in [6.07, 6.45) is 17.2. The smallest absolute Gasteiger partial charge is 0.364 e. The van der Waals surface area contributed by atoms with Crippen LogP contribution in [0.3, 0.4) is 0 Å². The van der Waals surface area contributed by atoms with Crippen molar-refractivity contribution >= 4 is 5.97 Å². The first kappa shape index (κ1) is 31.9. The third-order valence-corrected chi connectivity index (χ3v) is 7.06.